The van der Waals surface area contributed by atoms with E-state index in [1.165, 1.54) is 17.3 Å². The van der Waals surface area contributed by atoms with Crippen molar-refractivity contribution in [3.8, 4) is 6.07 Å². The molecule has 3 nitrogen and oxygen atoms in total. The first-order valence-electron chi connectivity index (χ1n) is 8.26. The van der Waals surface area contributed by atoms with E-state index in [2.05, 4.69) is 51.1 Å². The van der Waals surface area contributed by atoms with Crippen LogP contribution in [0.2, 0.25) is 0 Å². The third-order valence-corrected chi connectivity index (χ3v) is 4.94. The Bertz CT molecular complexity index is 770. The Morgan fingerprint density at radius 2 is 1.76 bits per heavy atom. The molecule has 4 heteroatoms. The number of nitrogens with zero attached hydrogens (tertiary/aromatic N) is 2. The van der Waals surface area contributed by atoms with Crippen LogP contribution in [-0.2, 0) is 12.0 Å². The van der Waals surface area contributed by atoms with Gasteiger partial charge in [0.05, 0.1) is 17.4 Å². The minimum absolute atomic E-state index is 0.0269. The second-order valence-corrected chi connectivity index (χ2v) is 8.07. The smallest absolute Gasteiger partial charge is 0.255 e. The predicted molar refractivity (Wildman–Crippen MR) is 104 cm³/mol. The van der Waals surface area contributed by atoms with Crippen LogP contribution in [0.4, 0.5) is 0 Å². The molecule has 0 radical (unpaired) electrons. The van der Waals surface area contributed by atoms with Crippen molar-refractivity contribution in [1.82, 2.24) is 4.90 Å². The van der Waals surface area contributed by atoms with E-state index in [9.17, 15) is 4.79 Å². The van der Waals surface area contributed by atoms with Crippen molar-refractivity contribution in [1.29, 1.82) is 5.26 Å². The quantitative estimate of drug-likeness (QED) is 0.721. The summed E-state index contributed by atoms with van der Waals surface area (Å²) in [5, 5.41) is 8.77. The number of carbonyl (C=O) groups is 1. The van der Waals surface area contributed by atoms with Crippen LogP contribution in [0.5, 0.6) is 0 Å². The molecule has 0 N–H and O–H groups in total. The highest BCUT2D eigenvalue weighted by atomic mass is 32.2. The molecule has 130 valence electrons. The summed E-state index contributed by atoms with van der Waals surface area (Å²) in [6.45, 7) is 7.12. The second-order valence-electron chi connectivity index (χ2n) is 7.05. The van der Waals surface area contributed by atoms with Crippen molar-refractivity contribution in [3.63, 3.8) is 0 Å². The highest BCUT2D eigenvalue weighted by Crippen LogP contribution is 2.25. The second kappa shape index (κ2) is 8.22. The van der Waals surface area contributed by atoms with E-state index in [1.807, 2.05) is 31.3 Å². The summed E-state index contributed by atoms with van der Waals surface area (Å²) >= 11 is 1.40. The Balaban J connectivity index is 2.12. The molecule has 2 aromatic rings. The molecule has 0 unspecified atom stereocenters. The predicted octanol–water partition coefficient (Wildman–Crippen LogP) is 4.87. The van der Waals surface area contributed by atoms with Crippen molar-refractivity contribution in [2.24, 2.45) is 0 Å². The fourth-order valence-electron chi connectivity index (χ4n) is 2.54. The summed E-state index contributed by atoms with van der Waals surface area (Å²) in [5.41, 5.74) is 3.16. The average molecular weight is 353 g/mol. The Morgan fingerprint density at radius 1 is 1.12 bits per heavy atom. The van der Waals surface area contributed by atoms with Crippen molar-refractivity contribution in [2.45, 2.75) is 37.6 Å². The number of nitriles is 1. The van der Waals surface area contributed by atoms with E-state index < -0.39 is 0 Å². The minimum atomic E-state index is -0.0269. The summed E-state index contributed by atoms with van der Waals surface area (Å²) in [6.07, 6.45) is 0. The zero-order valence-electron chi connectivity index (χ0n) is 15.2. The molecule has 2 aromatic carbocycles. The minimum Gasteiger partial charge on any atom is -0.337 e. The molecule has 25 heavy (non-hydrogen) atoms. The maximum absolute atomic E-state index is 12.8. The molecule has 0 saturated heterocycles. The zero-order valence-corrected chi connectivity index (χ0v) is 16.1. The third kappa shape index (κ3) is 5.11. The molecular weight excluding hydrogens is 328 g/mol. The van der Waals surface area contributed by atoms with E-state index in [-0.39, 0.29) is 11.3 Å². The molecule has 0 spiro atoms. The number of rotatable bonds is 5. The number of benzene rings is 2. The van der Waals surface area contributed by atoms with Crippen LogP contribution in [0, 0.1) is 11.3 Å². The van der Waals surface area contributed by atoms with Gasteiger partial charge in [-0.05, 0) is 28.7 Å². The average Bonchev–Trinajstić information content (AvgIpc) is 2.59. The van der Waals surface area contributed by atoms with Gasteiger partial charge >= 0.3 is 0 Å². The Morgan fingerprint density at radius 3 is 2.36 bits per heavy atom. The number of thioether (sulfide) groups is 1. The standard InChI is InChI=1S/C21H24N2OS/c1-21(2,3)17-11-9-16(10-12-17)15-23(4)20(24)18-7-5-6-8-19(18)25-14-13-22/h5-12H,14-15H2,1-4H3. The van der Waals surface area contributed by atoms with Crippen molar-refractivity contribution < 1.29 is 4.79 Å². The van der Waals surface area contributed by atoms with Crippen LogP contribution in [0.25, 0.3) is 0 Å². The van der Waals surface area contributed by atoms with Crippen LogP contribution in [-0.4, -0.2) is 23.6 Å². The number of amides is 1. The molecular formula is C21H24N2OS. The highest BCUT2D eigenvalue weighted by molar-refractivity contribution is 7.99. The third-order valence-electron chi connectivity index (χ3n) is 4.00. The van der Waals surface area contributed by atoms with E-state index in [1.54, 1.807) is 4.90 Å². The maximum atomic E-state index is 12.8. The molecule has 0 saturated carbocycles. The van der Waals surface area contributed by atoms with Gasteiger partial charge in [-0.1, -0.05) is 57.2 Å². The summed E-state index contributed by atoms with van der Waals surface area (Å²) < 4.78 is 0. The van der Waals surface area contributed by atoms with Crippen molar-refractivity contribution in [3.05, 3.63) is 65.2 Å². The van der Waals surface area contributed by atoms with Gasteiger partial charge in [-0.25, -0.2) is 0 Å². The molecule has 0 atom stereocenters. The highest BCUT2D eigenvalue weighted by Gasteiger charge is 2.17. The van der Waals surface area contributed by atoms with E-state index in [0.717, 1.165) is 10.5 Å². The molecule has 0 aliphatic carbocycles. The fraction of sp³-hybridized carbons (Fsp3) is 0.333. The molecule has 0 aliphatic rings. The van der Waals surface area contributed by atoms with Crippen LogP contribution in [0.3, 0.4) is 0 Å². The van der Waals surface area contributed by atoms with Gasteiger partial charge in [0.25, 0.3) is 5.91 Å². The van der Waals surface area contributed by atoms with Gasteiger partial charge in [0, 0.05) is 18.5 Å². The first kappa shape index (κ1) is 19.1. The SMILES string of the molecule is CN(Cc1ccc(C(C)(C)C)cc1)C(=O)c1ccccc1SCC#N. The summed E-state index contributed by atoms with van der Waals surface area (Å²) in [6, 6.07) is 18.0. The summed E-state index contributed by atoms with van der Waals surface area (Å²) in [5.74, 6) is 0.309. The lowest BCUT2D eigenvalue weighted by atomic mass is 9.87. The number of carbonyl (C=O) groups excluding carboxylic acids is 1. The lowest BCUT2D eigenvalue weighted by Crippen LogP contribution is -2.26. The molecule has 0 bridgehead atoms. The van der Waals surface area contributed by atoms with Gasteiger partial charge in [-0.15, -0.1) is 11.8 Å². The van der Waals surface area contributed by atoms with Crippen LogP contribution >= 0.6 is 11.8 Å². The molecule has 2 rings (SSSR count). The van der Waals surface area contributed by atoms with Crippen LogP contribution < -0.4 is 0 Å². The van der Waals surface area contributed by atoms with E-state index in [0.29, 0.717) is 17.9 Å². The van der Waals surface area contributed by atoms with E-state index in [4.69, 9.17) is 5.26 Å². The number of hydrogen-bond donors (Lipinski definition) is 0. The zero-order chi connectivity index (χ0) is 18.4. The van der Waals surface area contributed by atoms with Crippen LogP contribution in [0.15, 0.2) is 53.4 Å². The van der Waals surface area contributed by atoms with Gasteiger partial charge in [-0.2, -0.15) is 5.26 Å². The Hall–Kier alpha value is -2.25. The van der Waals surface area contributed by atoms with Crippen LogP contribution in [0.1, 0.15) is 42.3 Å². The van der Waals surface area contributed by atoms with Gasteiger partial charge in [0.1, 0.15) is 0 Å². The Kier molecular flexibility index (Phi) is 6.27. The molecule has 0 aliphatic heterocycles. The van der Waals surface area contributed by atoms with Gasteiger partial charge in [0.15, 0.2) is 0 Å². The lowest BCUT2D eigenvalue weighted by molar-refractivity contribution is 0.0781. The van der Waals surface area contributed by atoms with E-state index >= 15 is 0 Å². The monoisotopic (exact) mass is 352 g/mol. The largest absolute Gasteiger partial charge is 0.337 e. The Labute approximate surface area is 154 Å². The first-order valence-corrected chi connectivity index (χ1v) is 9.25. The number of hydrogen-bond acceptors (Lipinski definition) is 3. The topological polar surface area (TPSA) is 44.1 Å². The molecule has 1 amide bonds. The lowest BCUT2D eigenvalue weighted by Gasteiger charge is -2.21. The molecule has 0 heterocycles. The van der Waals surface area contributed by atoms with Crippen molar-refractivity contribution >= 4 is 17.7 Å². The summed E-state index contributed by atoms with van der Waals surface area (Å²) in [7, 11) is 1.81. The first-order chi connectivity index (χ1) is 11.8. The maximum Gasteiger partial charge on any atom is 0.255 e. The van der Waals surface area contributed by atoms with Gasteiger partial charge in [0.2, 0.25) is 0 Å². The van der Waals surface area contributed by atoms with Gasteiger partial charge < -0.3 is 4.90 Å². The fourth-order valence-corrected chi connectivity index (χ4v) is 3.25. The molecule has 0 fully saturated rings. The normalized spacial score (nSPS) is 11.0. The summed E-state index contributed by atoms with van der Waals surface area (Å²) in [4.78, 5) is 15.4. The molecule has 0 aromatic heterocycles. The van der Waals surface area contributed by atoms with Crippen molar-refractivity contribution in [2.75, 3.05) is 12.8 Å². The van der Waals surface area contributed by atoms with Gasteiger partial charge in [-0.3, -0.25) is 4.79 Å².